The zero-order valence-corrected chi connectivity index (χ0v) is 11.0. The molecule has 2 heterocycles. The maximum atomic E-state index is 5.58. The van der Waals surface area contributed by atoms with Gasteiger partial charge in [0, 0.05) is 25.7 Å². The number of benzene rings is 1. The molecular formula is C14H20N2O3. The third kappa shape index (κ3) is 3.37. The van der Waals surface area contributed by atoms with E-state index in [0.29, 0.717) is 19.3 Å². The first-order valence-corrected chi connectivity index (χ1v) is 6.82. The van der Waals surface area contributed by atoms with Crippen LogP contribution in [0.2, 0.25) is 0 Å². The number of nitrogens with one attached hydrogen (secondary N) is 2. The van der Waals surface area contributed by atoms with E-state index in [1.165, 1.54) is 5.56 Å². The maximum Gasteiger partial charge on any atom is 0.161 e. The first-order valence-electron chi connectivity index (χ1n) is 6.82. The lowest BCUT2D eigenvalue weighted by Gasteiger charge is -2.24. The summed E-state index contributed by atoms with van der Waals surface area (Å²) in [4.78, 5) is 0. The van der Waals surface area contributed by atoms with Crippen molar-refractivity contribution in [2.45, 2.75) is 12.6 Å². The third-order valence-electron chi connectivity index (χ3n) is 3.32. The highest BCUT2D eigenvalue weighted by atomic mass is 16.6. The minimum atomic E-state index is 0.408. The van der Waals surface area contributed by atoms with Crippen LogP contribution in [-0.2, 0) is 11.3 Å². The number of ether oxygens (including phenoxy) is 3. The van der Waals surface area contributed by atoms with Crippen LogP contribution >= 0.6 is 0 Å². The monoisotopic (exact) mass is 264 g/mol. The quantitative estimate of drug-likeness (QED) is 0.831. The van der Waals surface area contributed by atoms with Crippen molar-refractivity contribution in [3.63, 3.8) is 0 Å². The van der Waals surface area contributed by atoms with Crippen LogP contribution in [0.15, 0.2) is 18.2 Å². The molecule has 0 bridgehead atoms. The normalized spacial score (nSPS) is 22.2. The van der Waals surface area contributed by atoms with E-state index >= 15 is 0 Å². The Bertz CT molecular complexity index is 419. The number of hydrogen-bond donors (Lipinski definition) is 2. The zero-order valence-electron chi connectivity index (χ0n) is 11.0. The molecule has 1 aromatic carbocycles. The molecule has 1 atom stereocenters. The summed E-state index contributed by atoms with van der Waals surface area (Å²) in [6.07, 6.45) is 0. The summed E-state index contributed by atoms with van der Waals surface area (Å²) in [5.41, 5.74) is 1.21. The SMILES string of the molecule is c1cc2c(cc1CNCC1COCCN1)OCCO2. The summed E-state index contributed by atoms with van der Waals surface area (Å²) in [6, 6.07) is 6.51. The minimum absolute atomic E-state index is 0.408. The van der Waals surface area contributed by atoms with E-state index in [1.807, 2.05) is 12.1 Å². The lowest BCUT2D eigenvalue weighted by atomic mass is 10.2. The number of hydrogen-bond acceptors (Lipinski definition) is 5. The van der Waals surface area contributed by atoms with E-state index in [4.69, 9.17) is 14.2 Å². The van der Waals surface area contributed by atoms with Crippen LogP contribution in [0.25, 0.3) is 0 Å². The van der Waals surface area contributed by atoms with Crippen LogP contribution in [0.5, 0.6) is 11.5 Å². The van der Waals surface area contributed by atoms with Gasteiger partial charge in [-0.25, -0.2) is 0 Å². The van der Waals surface area contributed by atoms with Gasteiger partial charge in [-0.3, -0.25) is 0 Å². The van der Waals surface area contributed by atoms with Gasteiger partial charge in [0.05, 0.1) is 13.2 Å². The predicted molar refractivity (Wildman–Crippen MR) is 71.7 cm³/mol. The molecule has 0 saturated carbocycles. The summed E-state index contributed by atoms with van der Waals surface area (Å²) < 4.78 is 16.5. The third-order valence-corrected chi connectivity index (χ3v) is 3.32. The van der Waals surface area contributed by atoms with Crippen molar-refractivity contribution in [3.8, 4) is 11.5 Å². The summed E-state index contributed by atoms with van der Waals surface area (Å²) in [5.74, 6) is 1.70. The van der Waals surface area contributed by atoms with Crippen molar-refractivity contribution in [2.24, 2.45) is 0 Å². The van der Waals surface area contributed by atoms with Crippen LogP contribution < -0.4 is 20.1 Å². The predicted octanol–water partition coefficient (Wildman–Crippen LogP) is 0.536. The second-order valence-corrected chi connectivity index (χ2v) is 4.83. The Morgan fingerprint density at radius 2 is 2.05 bits per heavy atom. The Balaban J connectivity index is 1.49. The standard InChI is InChI=1S/C14H20N2O3/c1-2-13-14(19-6-5-18-13)7-11(1)8-15-9-12-10-17-4-3-16-12/h1-2,7,12,15-16H,3-6,8-10H2. The van der Waals surface area contributed by atoms with Gasteiger partial charge in [-0.05, 0) is 17.7 Å². The van der Waals surface area contributed by atoms with Crippen molar-refractivity contribution in [2.75, 3.05) is 39.5 Å². The summed E-state index contributed by atoms with van der Waals surface area (Å²) >= 11 is 0. The van der Waals surface area contributed by atoms with Crippen molar-refractivity contribution < 1.29 is 14.2 Å². The van der Waals surface area contributed by atoms with E-state index < -0.39 is 0 Å². The molecule has 2 aliphatic rings. The maximum absolute atomic E-state index is 5.58. The van der Waals surface area contributed by atoms with Crippen molar-refractivity contribution in [1.82, 2.24) is 10.6 Å². The summed E-state index contributed by atoms with van der Waals surface area (Å²) in [6.45, 7) is 5.55. The minimum Gasteiger partial charge on any atom is -0.486 e. The van der Waals surface area contributed by atoms with Crippen LogP contribution in [0.1, 0.15) is 5.56 Å². The van der Waals surface area contributed by atoms with Gasteiger partial charge in [-0.15, -0.1) is 0 Å². The molecule has 1 unspecified atom stereocenters. The Labute approximate surface area is 113 Å². The van der Waals surface area contributed by atoms with Gasteiger partial charge in [0.2, 0.25) is 0 Å². The van der Waals surface area contributed by atoms with Gasteiger partial charge in [-0.1, -0.05) is 6.07 Å². The first-order chi connectivity index (χ1) is 9.42. The molecule has 0 amide bonds. The number of rotatable bonds is 4. The van der Waals surface area contributed by atoms with Gasteiger partial charge in [0.25, 0.3) is 0 Å². The van der Waals surface area contributed by atoms with Gasteiger partial charge < -0.3 is 24.8 Å². The molecule has 104 valence electrons. The molecule has 2 aliphatic heterocycles. The van der Waals surface area contributed by atoms with E-state index in [9.17, 15) is 0 Å². The van der Waals surface area contributed by atoms with E-state index in [-0.39, 0.29) is 0 Å². The van der Waals surface area contributed by atoms with Crippen molar-refractivity contribution in [1.29, 1.82) is 0 Å². The average molecular weight is 264 g/mol. The molecule has 2 N–H and O–H groups in total. The van der Waals surface area contributed by atoms with Crippen LogP contribution in [0.4, 0.5) is 0 Å². The Morgan fingerprint density at radius 1 is 1.16 bits per heavy atom. The van der Waals surface area contributed by atoms with Crippen molar-refractivity contribution in [3.05, 3.63) is 23.8 Å². The highest BCUT2D eigenvalue weighted by molar-refractivity contribution is 5.43. The van der Waals surface area contributed by atoms with Gasteiger partial charge in [-0.2, -0.15) is 0 Å². The first kappa shape index (κ1) is 12.7. The van der Waals surface area contributed by atoms with Crippen LogP contribution in [-0.4, -0.2) is 45.6 Å². The second kappa shape index (κ2) is 6.23. The topological polar surface area (TPSA) is 51.8 Å². The average Bonchev–Trinajstić information content (AvgIpc) is 2.48. The summed E-state index contributed by atoms with van der Waals surface area (Å²) in [5, 5.41) is 6.86. The molecule has 0 aromatic heterocycles. The molecule has 1 aromatic rings. The molecule has 1 fully saturated rings. The Morgan fingerprint density at radius 3 is 2.89 bits per heavy atom. The van der Waals surface area contributed by atoms with E-state index in [2.05, 4.69) is 16.7 Å². The van der Waals surface area contributed by atoms with E-state index in [0.717, 1.165) is 44.3 Å². The molecule has 5 nitrogen and oxygen atoms in total. The lowest BCUT2D eigenvalue weighted by Crippen LogP contribution is -2.47. The highest BCUT2D eigenvalue weighted by Gasteiger charge is 2.13. The van der Waals surface area contributed by atoms with Gasteiger partial charge in [0.15, 0.2) is 11.5 Å². The highest BCUT2D eigenvalue weighted by Crippen LogP contribution is 2.30. The van der Waals surface area contributed by atoms with Gasteiger partial charge in [0.1, 0.15) is 13.2 Å². The fourth-order valence-electron chi connectivity index (χ4n) is 2.34. The Kier molecular flexibility index (Phi) is 4.17. The molecular weight excluding hydrogens is 244 g/mol. The molecule has 1 saturated heterocycles. The van der Waals surface area contributed by atoms with E-state index in [1.54, 1.807) is 0 Å². The van der Waals surface area contributed by atoms with Crippen LogP contribution in [0.3, 0.4) is 0 Å². The Hall–Kier alpha value is -1.30. The summed E-state index contributed by atoms with van der Waals surface area (Å²) in [7, 11) is 0. The second-order valence-electron chi connectivity index (χ2n) is 4.83. The number of morpholine rings is 1. The molecule has 3 rings (SSSR count). The number of fused-ring (bicyclic) bond motifs is 1. The molecule has 5 heteroatoms. The molecule has 0 radical (unpaired) electrons. The largest absolute Gasteiger partial charge is 0.486 e. The fraction of sp³-hybridized carbons (Fsp3) is 0.571. The molecule has 0 spiro atoms. The smallest absolute Gasteiger partial charge is 0.161 e. The van der Waals surface area contributed by atoms with Crippen molar-refractivity contribution >= 4 is 0 Å². The molecule has 19 heavy (non-hydrogen) atoms. The molecule has 0 aliphatic carbocycles. The zero-order chi connectivity index (χ0) is 12.9. The fourth-order valence-corrected chi connectivity index (χ4v) is 2.34. The lowest BCUT2D eigenvalue weighted by molar-refractivity contribution is 0.0766. The van der Waals surface area contributed by atoms with Crippen LogP contribution in [0, 0.1) is 0 Å². The van der Waals surface area contributed by atoms with Gasteiger partial charge >= 0.3 is 0 Å².